The molecule has 0 amide bonds. The maximum atomic E-state index is 14.2. The second-order valence-corrected chi connectivity index (χ2v) is 6.17. The molecule has 0 aromatic rings. The van der Waals surface area contributed by atoms with Crippen molar-refractivity contribution in [1.82, 2.24) is 5.32 Å². The molecule has 122 valence electrons. The number of rotatable bonds is 2. The van der Waals surface area contributed by atoms with Crippen molar-refractivity contribution in [1.29, 1.82) is 0 Å². The molecule has 0 bridgehead atoms. The van der Waals surface area contributed by atoms with Gasteiger partial charge in [-0.25, -0.2) is 4.39 Å². The number of nitrogens with zero attached hydrogens (tertiary/aromatic N) is 1. The largest absolute Gasteiger partial charge is 0.419 e. The number of alkyl halides is 4. The average Bonchev–Trinajstić information content (AvgIpc) is 2.75. The van der Waals surface area contributed by atoms with E-state index in [-0.39, 0.29) is 0 Å². The van der Waals surface area contributed by atoms with Gasteiger partial charge in [0.05, 0.1) is 0 Å². The molecule has 2 aliphatic heterocycles. The van der Waals surface area contributed by atoms with Gasteiger partial charge in [0.1, 0.15) is 23.7 Å². The van der Waals surface area contributed by atoms with Crippen molar-refractivity contribution in [2.75, 3.05) is 6.54 Å². The van der Waals surface area contributed by atoms with E-state index in [4.69, 9.17) is 4.74 Å². The number of amidine groups is 1. The van der Waals surface area contributed by atoms with Crippen molar-refractivity contribution in [3.05, 3.63) is 0 Å². The highest BCUT2D eigenvalue weighted by molar-refractivity contribution is 8.14. The number of aliphatic hydroxyl groups is 2. The van der Waals surface area contributed by atoms with Gasteiger partial charge in [0.2, 0.25) is 0 Å². The number of fused-ring (bicyclic) bond motifs is 1. The summed E-state index contributed by atoms with van der Waals surface area (Å²) in [5.74, 6) is 0. The van der Waals surface area contributed by atoms with Gasteiger partial charge in [0.15, 0.2) is 16.9 Å². The third-order valence-corrected chi connectivity index (χ3v) is 4.57. The fourth-order valence-corrected chi connectivity index (χ4v) is 3.35. The van der Waals surface area contributed by atoms with Crippen LogP contribution >= 0.6 is 11.8 Å². The topological polar surface area (TPSA) is 74.1 Å². The quantitative estimate of drug-likeness (QED) is 0.653. The maximum absolute atomic E-state index is 14.2. The van der Waals surface area contributed by atoms with Gasteiger partial charge in [0, 0.05) is 6.54 Å². The summed E-state index contributed by atoms with van der Waals surface area (Å²) < 4.78 is 57.8. The molecular weight excluding hydrogens is 316 g/mol. The maximum Gasteiger partial charge on any atom is 0.419 e. The smallest absolute Gasteiger partial charge is 0.387 e. The highest BCUT2D eigenvalue weighted by Gasteiger charge is 2.63. The summed E-state index contributed by atoms with van der Waals surface area (Å²) in [5.41, 5.74) is -4.38. The summed E-state index contributed by atoms with van der Waals surface area (Å²) in [6, 6.07) is -1.10. The molecule has 0 aromatic carbocycles. The Morgan fingerprint density at radius 3 is 2.57 bits per heavy atom. The predicted octanol–water partition coefficient (Wildman–Crippen LogP) is 0.804. The third-order valence-electron chi connectivity index (χ3n) is 3.47. The summed E-state index contributed by atoms with van der Waals surface area (Å²) in [7, 11) is 0. The zero-order valence-corrected chi connectivity index (χ0v) is 12.1. The van der Waals surface area contributed by atoms with Crippen molar-refractivity contribution >= 4 is 16.9 Å². The van der Waals surface area contributed by atoms with E-state index in [1.807, 2.05) is 0 Å². The second-order valence-electron chi connectivity index (χ2n) is 5.08. The van der Waals surface area contributed by atoms with Gasteiger partial charge >= 0.3 is 6.18 Å². The van der Waals surface area contributed by atoms with Gasteiger partial charge in [-0.05, 0) is 13.8 Å². The monoisotopic (exact) mass is 332 g/mol. The van der Waals surface area contributed by atoms with Crippen LogP contribution in [-0.2, 0) is 4.74 Å². The van der Waals surface area contributed by atoms with Crippen LogP contribution in [0.15, 0.2) is 4.99 Å². The molecule has 2 rings (SSSR count). The molecule has 0 aliphatic carbocycles. The van der Waals surface area contributed by atoms with Gasteiger partial charge in [-0.1, -0.05) is 11.8 Å². The minimum absolute atomic E-state index is 0.342. The molecule has 0 spiro atoms. The van der Waals surface area contributed by atoms with Crippen molar-refractivity contribution in [3.63, 3.8) is 0 Å². The van der Waals surface area contributed by atoms with Crippen molar-refractivity contribution in [2.24, 2.45) is 4.99 Å². The highest BCUT2D eigenvalue weighted by atomic mass is 32.2. The Labute approximate surface area is 122 Å². The number of ether oxygens (including phenoxy) is 1. The summed E-state index contributed by atoms with van der Waals surface area (Å²) in [5, 5.41) is 22.5. The molecule has 2 heterocycles. The molecule has 0 aromatic heterocycles. The Morgan fingerprint density at radius 2 is 2.05 bits per heavy atom. The Kier molecular flexibility index (Phi) is 4.45. The SMILES string of the molecule is CCNC1=N[C@@H]2[C@H](F)[C@H](O)[C@@H]([C@](C)(O)C(F)(F)F)O[C@@H]2S1. The highest BCUT2D eigenvalue weighted by Crippen LogP contribution is 2.44. The average molecular weight is 332 g/mol. The van der Waals surface area contributed by atoms with Crippen LogP contribution in [-0.4, -0.2) is 63.6 Å². The lowest BCUT2D eigenvalue weighted by molar-refractivity contribution is -0.314. The molecule has 6 atom stereocenters. The number of thioether (sulfide) groups is 1. The van der Waals surface area contributed by atoms with Crippen molar-refractivity contribution in [3.8, 4) is 0 Å². The van der Waals surface area contributed by atoms with E-state index >= 15 is 0 Å². The molecule has 1 saturated heterocycles. The van der Waals surface area contributed by atoms with Crippen LogP contribution in [0.5, 0.6) is 0 Å². The number of nitrogens with one attached hydrogen (secondary N) is 1. The van der Waals surface area contributed by atoms with Gasteiger partial charge in [-0.3, -0.25) is 4.99 Å². The zero-order chi connectivity index (χ0) is 16.0. The number of hydrogen-bond acceptors (Lipinski definition) is 6. The number of halogens is 4. The van der Waals surface area contributed by atoms with Crippen LogP contribution in [0.3, 0.4) is 0 Å². The Balaban J connectivity index is 2.21. The molecule has 3 N–H and O–H groups in total. The summed E-state index contributed by atoms with van der Waals surface area (Å²) >= 11 is 0.943. The Hall–Kier alpha value is -0.580. The molecule has 0 saturated carbocycles. The minimum Gasteiger partial charge on any atom is -0.387 e. The lowest BCUT2D eigenvalue weighted by Gasteiger charge is -2.43. The third kappa shape index (κ3) is 2.86. The molecule has 1 fully saturated rings. The van der Waals surface area contributed by atoms with Crippen LogP contribution in [0.2, 0.25) is 0 Å². The Morgan fingerprint density at radius 1 is 1.43 bits per heavy atom. The van der Waals surface area contributed by atoms with E-state index in [2.05, 4.69) is 10.3 Å². The van der Waals surface area contributed by atoms with Crippen LogP contribution in [0.1, 0.15) is 13.8 Å². The van der Waals surface area contributed by atoms with E-state index in [1.54, 1.807) is 6.92 Å². The summed E-state index contributed by atoms with van der Waals surface area (Å²) in [6.45, 7) is 2.75. The summed E-state index contributed by atoms with van der Waals surface area (Å²) in [6.07, 6.45) is -11.3. The van der Waals surface area contributed by atoms with Gasteiger partial charge < -0.3 is 20.3 Å². The van der Waals surface area contributed by atoms with E-state index in [9.17, 15) is 27.8 Å². The standard InChI is InChI=1S/C11H16F4N2O3S/c1-3-16-9-17-5-4(12)6(18)7(20-8(5)21-9)10(2,19)11(13,14)15/h4-8,18-19H,3H2,1-2H3,(H,16,17)/t4-,5+,6-,7-,8+,10-/m0/s1. The molecule has 10 heteroatoms. The van der Waals surface area contributed by atoms with Crippen molar-refractivity contribution in [2.45, 2.75) is 55.5 Å². The first-order valence-electron chi connectivity index (χ1n) is 6.34. The molecule has 2 aliphatic rings. The fourth-order valence-electron chi connectivity index (χ4n) is 2.19. The normalized spacial score (nSPS) is 39.4. The molecule has 0 radical (unpaired) electrons. The first-order chi connectivity index (χ1) is 9.59. The van der Waals surface area contributed by atoms with Gasteiger partial charge in [0.25, 0.3) is 0 Å². The van der Waals surface area contributed by atoms with E-state index < -0.39 is 41.6 Å². The molecule has 5 nitrogen and oxygen atoms in total. The van der Waals surface area contributed by atoms with E-state index in [0.717, 1.165) is 11.8 Å². The minimum atomic E-state index is -5.06. The number of aliphatic hydroxyl groups excluding tert-OH is 1. The lowest BCUT2D eigenvalue weighted by atomic mass is 9.87. The Bertz CT molecular complexity index is 432. The molecule has 0 unspecified atom stereocenters. The second kappa shape index (κ2) is 5.56. The zero-order valence-electron chi connectivity index (χ0n) is 11.3. The van der Waals surface area contributed by atoms with E-state index in [0.29, 0.717) is 18.6 Å². The van der Waals surface area contributed by atoms with Crippen LogP contribution < -0.4 is 5.32 Å². The number of aliphatic imine (C=N–C) groups is 1. The fraction of sp³-hybridized carbons (Fsp3) is 0.909. The summed E-state index contributed by atoms with van der Waals surface area (Å²) in [4.78, 5) is 3.96. The van der Waals surface area contributed by atoms with Crippen LogP contribution in [0, 0.1) is 0 Å². The van der Waals surface area contributed by atoms with Crippen LogP contribution in [0.4, 0.5) is 17.6 Å². The first-order valence-corrected chi connectivity index (χ1v) is 7.22. The van der Waals surface area contributed by atoms with Gasteiger partial charge in [-0.2, -0.15) is 13.2 Å². The van der Waals surface area contributed by atoms with Crippen LogP contribution in [0.25, 0.3) is 0 Å². The van der Waals surface area contributed by atoms with Crippen molar-refractivity contribution < 1.29 is 32.5 Å². The first kappa shape index (κ1) is 16.8. The predicted molar refractivity (Wildman–Crippen MR) is 68.7 cm³/mol. The molecule has 21 heavy (non-hydrogen) atoms. The van der Waals surface area contributed by atoms with E-state index in [1.165, 1.54) is 0 Å². The lowest BCUT2D eigenvalue weighted by Crippen LogP contribution is -2.65. The number of hydrogen-bond donors (Lipinski definition) is 3. The van der Waals surface area contributed by atoms with Gasteiger partial charge in [-0.15, -0.1) is 0 Å². The molecular formula is C11H16F4N2O3S.